The highest BCUT2D eigenvalue weighted by atomic mass is 32.2. The standard InChI is InChI=1S/C12H21NO5S/c1-8-6-5-7-13(9(8)10(14)15)11(16)12(2,3)19(4,17)18/h8-9H,5-7H2,1-4H3,(H,14,15). The minimum Gasteiger partial charge on any atom is -0.480 e. The summed E-state index contributed by atoms with van der Waals surface area (Å²) >= 11 is 0. The Hall–Kier alpha value is -1.11. The summed E-state index contributed by atoms with van der Waals surface area (Å²) in [5, 5.41) is 9.25. The van der Waals surface area contributed by atoms with Gasteiger partial charge in [-0.2, -0.15) is 0 Å². The lowest BCUT2D eigenvalue weighted by Gasteiger charge is -2.40. The molecule has 19 heavy (non-hydrogen) atoms. The predicted octanol–water partition coefficient (Wildman–Crippen LogP) is 0.521. The van der Waals surface area contributed by atoms with Crippen molar-refractivity contribution in [3.8, 4) is 0 Å². The maximum atomic E-state index is 12.4. The van der Waals surface area contributed by atoms with Crippen molar-refractivity contribution in [1.29, 1.82) is 0 Å². The third kappa shape index (κ3) is 2.91. The van der Waals surface area contributed by atoms with Crippen LogP contribution in [0.4, 0.5) is 0 Å². The van der Waals surface area contributed by atoms with Gasteiger partial charge in [0, 0.05) is 12.8 Å². The Labute approximate surface area is 113 Å². The van der Waals surface area contributed by atoms with Crippen molar-refractivity contribution < 1.29 is 23.1 Å². The van der Waals surface area contributed by atoms with Gasteiger partial charge >= 0.3 is 5.97 Å². The van der Waals surface area contributed by atoms with Crippen molar-refractivity contribution in [3.05, 3.63) is 0 Å². The van der Waals surface area contributed by atoms with Crippen LogP contribution in [0.2, 0.25) is 0 Å². The van der Waals surface area contributed by atoms with Gasteiger partial charge in [0.1, 0.15) is 10.8 Å². The number of rotatable bonds is 3. The molecular formula is C12H21NO5S. The fraction of sp³-hybridized carbons (Fsp3) is 0.833. The molecule has 0 spiro atoms. The lowest BCUT2D eigenvalue weighted by Crippen LogP contribution is -2.58. The number of carbonyl (C=O) groups is 2. The zero-order valence-corrected chi connectivity index (χ0v) is 12.5. The van der Waals surface area contributed by atoms with Gasteiger partial charge in [0.15, 0.2) is 9.84 Å². The van der Waals surface area contributed by atoms with E-state index in [1.807, 2.05) is 0 Å². The number of carboxylic acids is 1. The van der Waals surface area contributed by atoms with E-state index in [9.17, 15) is 23.1 Å². The second kappa shape index (κ2) is 5.11. The van der Waals surface area contributed by atoms with Gasteiger partial charge in [-0.25, -0.2) is 13.2 Å². The van der Waals surface area contributed by atoms with E-state index < -0.39 is 32.5 Å². The fourth-order valence-corrected chi connectivity index (χ4v) is 2.73. The van der Waals surface area contributed by atoms with Gasteiger partial charge in [-0.1, -0.05) is 6.92 Å². The summed E-state index contributed by atoms with van der Waals surface area (Å²) < 4.78 is 21.8. The summed E-state index contributed by atoms with van der Waals surface area (Å²) in [7, 11) is -3.60. The minimum atomic E-state index is -3.60. The quantitative estimate of drug-likeness (QED) is 0.818. The number of carbonyl (C=O) groups excluding carboxylic acids is 1. The molecule has 0 aromatic heterocycles. The molecule has 0 radical (unpaired) electrons. The van der Waals surface area contributed by atoms with Gasteiger partial charge in [-0.3, -0.25) is 4.79 Å². The van der Waals surface area contributed by atoms with Crippen LogP contribution in [-0.4, -0.2) is 53.9 Å². The van der Waals surface area contributed by atoms with E-state index in [4.69, 9.17) is 0 Å². The van der Waals surface area contributed by atoms with Crippen LogP contribution < -0.4 is 0 Å². The van der Waals surface area contributed by atoms with E-state index in [2.05, 4.69) is 0 Å². The number of hydrogen-bond donors (Lipinski definition) is 1. The first-order chi connectivity index (χ1) is 8.50. The first-order valence-corrected chi connectivity index (χ1v) is 8.12. The number of sulfone groups is 1. The van der Waals surface area contributed by atoms with Crippen molar-refractivity contribution in [1.82, 2.24) is 4.90 Å². The highest BCUT2D eigenvalue weighted by Crippen LogP contribution is 2.28. The van der Waals surface area contributed by atoms with Gasteiger partial charge in [0.2, 0.25) is 5.91 Å². The largest absolute Gasteiger partial charge is 0.480 e. The number of aliphatic carboxylic acids is 1. The predicted molar refractivity (Wildman–Crippen MR) is 70.5 cm³/mol. The molecule has 1 amide bonds. The Morgan fingerprint density at radius 1 is 1.32 bits per heavy atom. The monoisotopic (exact) mass is 291 g/mol. The Morgan fingerprint density at radius 3 is 2.26 bits per heavy atom. The molecule has 0 bridgehead atoms. The molecule has 1 rings (SSSR count). The van der Waals surface area contributed by atoms with Gasteiger partial charge < -0.3 is 10.0 Å². The first-order valence-electron chi connectivity index (χ1n) is 6.23. The second-order valence-corrected chi connectivity index (χ2v) is 8.25. The fourth-order valence-electron chi connectivity index (χ4n) is 2.30. The molecule has 1 heterocycles. The molecule has 1 fully saturated rings. The third-order valence-electron chi connectivity index (χ3n) is 3.89. The average molecular weight is 291 g/mol. The van der Waals surface area contributed by atoms with Crippen LogP contribution in [0, 0.1) is 5.92 Å². The van der Waals surface area contributed by atoms with Gasteiger partial charge in [-0.05, 0) is 32.6 Å². The Bertz CT molecular complexity index is 482. The lowest BCUT2D eigenvalue weighted by atomic mass is 9.90. The highest BCUT2D eigenvalue weighted by molar-refractivity contribution is 7.92. The van der Waals surface area contributed by atoms with Crippen LogP contribution in [0.15, 0.2) is 0 Å². The van der Waals surface area contributed by atoms with Crippen molar-refractivity contribution in [2.24, 2.45) is 5.92 Å². The summed E-state index contributed by atoms with van der Waals surface area (Å²) in [6.07, 6.45) is 2.41. The van der Waals surface area contributed by atoms with Crippen molar-refractivity contribution >= 4 is 21.7 Å². The molecule has 0 aromatic carbocycles. The highest BCUT2D eigenvalue weighted by Gasteiger charge is 2.46. The van der Waals surface area contributed by atoms with E-state index in [1.165, 1.54) is 18.7 Å². The molecule has 0 aliphatic carbocycles. The zero-order chi connectivity index (χ0) is 15.0. The Balaban J connectivity index is 3.13. The molecular weight excluding hydrogens is 270 g/mol. The van der Waals surface area contributed by atoms with E-state index >= 15 is 0 Å². The summed E-state index contributed by atoms with van der Waals surface area (Å²) in [6.45, 7) is 4.70. The van der Waals surface area contributed by atoms with Crippen molar-refractivity contribution in [2.75, 3.05) is 12.8 Å². The van der Waals surface area contributed by atoms with Crippen LogP contribution in [0.3, 0.4) is 0 Å². The Morgan fingerprint density at radius 2 is 1.84 bits per heavy atom. The molecule has 1 saturated heterocycles. The molecule has 6 nitrogen and oxygen atoms in total. The molecule has 7 heteroatoms. The Kier molecular flexibility index (Phi) is 4.29. The second-order valence-electron chi connectivity index (χ2n) is 5.68. The minimum absolute atomic E-state index is 0.175. The number of hydrogen-bond acceptors (Lipinski definition) is 4. The van der Waals surface area contributed by atoms with Crippen LogP contribution >= 0.6 is 0 Å². The average Bonchev–Trinajstić information content (AvgIpc) is 2.25. The number of nitrogens with zero attached hydrogens (tertiary/aromatic N) is 1. The number of piperidine rings is 1. The normalized spacial score (nSPS) is 25.2. The van der Waals surface area contributed by atoms with Gasteiger partial charge in [-0.15, -0.1) is 0 Å². The van der Waals surface area contributed by atoms with Crippen molar-refractivity contribution in [3.63, 3.8) is 0 Å². The van der Waals surface area contributed by atoms with E-state index in [0.717, 1.165) is 12.7 Å². The number of carboxylic acid groups (broad SMARTS) is 1. The molecule has 1 N–H and O–H groups in total. The van der Waals surface area contributed by atoms with Crippen LogP contribution in [0.25, 0.3) is 0 Å². The SMILES string of the molecule is CC1CCCN(C(=O)C(C)(C)S(C)(=O)=O)C1C(=O)O. The van der Waals surface area contributed by atoms with E-state index in [1.54, 1.807) is 6.92 Å². The third-order valence-corrected chi connectivity index (χ3v) is 5.92. The summed E-state index contributed by atoms with van der Waals surface area (Å²) in [5.74, 6) is -1.88. The van der Waals surface area contributed by atoms with Gasteiger partial charge in [0.25, 0.3) is 0 Å². The van der Waals surface area contributed by atoms with Crippen LogP contribution in [0.1, 0.15) is 33.6 Å². The molecule has 1 aliphatic rings. The van der Waals surface area contributed by atoms with Crippen LogP contribution in [-0.2, 0) is 19.4 Å². The maximum absolute atomic E-state index is 12.4. The lowest BCUT2D eigenvalue weighted by molar-refractivity contribution is -0.155. The van der Waals surface area contributed by atoms with Gasteiger partial charge in [0.05, 0.1) is 0 Å². The summed E-state index contributed by atoms with van der Waals surface area (Å²) in [4.78, 5) is 24.9. The van der Waals surface area contributed by atoms with E-state index in [0.29, 0.717) is 13.0 Å². The smallest absolute Gasteiger partial charge is 0.326 e. The molecule has 1 aliphatic heterocycles. The zero-order valence-electron chi connectivity index (χ0n) is 11.7. The number of amides is 1. The maximum Gasteiger partial charge on any atom is 0.326 e. The molecule has 2 atom stereocenters. The summed E-state index contributed by atoms with van der Waals surface area (Å²) in [6, 6.07) is -0.942. The molecule has 110 valence electrons. The van der Waals surface area contributed by atoms with Crippen LogP contribution in [0.5, 0.6) is 0 Å². The molecule has 0 aromatic rings. The molecule has 0 saturated carbocycles. The summed E-state index contributed by atoms with van der Waals surface area (Å²) in [5.41, 5.74) is 0. The van der Waals surface area contributed by atoms with E-state index in [-0.39, 0.29) is 5.92 Å². The van der Waals surface area contributed by atoms with Crippen molar-refractivity contribution in [2.45, 2.75) is 44.4 Å². The topological polar surface area (TPSA) is 91.8 Å². The molecule has 2 unspecified atom stereocenters. The first kappa shape index (κ1) is 15.9. The number of likely N-dealkylation sites (tertiary alicyclic amines) is 1.